The molecule has 0 N–H and O–H groups in total. The fraction of sp³-hybridized carbons (Fsp3) is 0.321. The summed E-state index contributed by atoms with van der Waals surface area (Å²) in [5.41, 5.74) is 2.15. The van der Waals surface area contributed by atoms with Crippen molar-refractivity contribution < 1.29 is 19.0 Å². The largest absolute Gasteiger partial charge is 0.489 e. The van der Waals surface area contributed by atoms with Crippen LogP contribution in [0.5, 0.6) is 11.5 Å². The normalized spacial score (nSPS) is 13.9. The van der Waals surface area contributed by atoms with Gasteiger partial charge in [-0.25, -0.2) is 0 Å². The first-order chi connectivity index (χ1) is 16.8. The van der Waals surface area contributed by atoms with E-state index >= 15 is 0 Å². The van der Waals surface area contributed by atoms with Crippen LogP contribution in [-0.4, -0.2) is 61.7 Å². The van der Waals surface area contributed by atoms with Crippen molar-refractivity contribution in [3.8, 4) is 11.5 Å². The van der Waals surface area contributed by atoms with Gasteiger partial charge in [-0.05, 0) is 35.4 Å². The minimum absolute atomic E-state index is 0.0112. The first-order valence-corrected chi connectivity index (χ1v) is 11.8. The van der Waals surface area contributed by atoms with E-state index in [0.717, 1.165) is 49.7 Å². The third-order valence-electron chi connectivity index (χ3n) is 5.77. The fourth-order valence-electron chi connectivity index (χ4n) is 3.83. The van der Waals surface area contributed by atoms with E-state index < -0.39 is 0 Å². The molecule has 0 spiro atoms. The summed E-state index contributed by atoms with van der Waals surface area (Å²) in [4.78, 5) is 17.3. The number of hydrogen-bond acceptors (Lipinski definition) is 5. The Hall–Kier alpha value is -3.35. The van der Waals surface area contributed by atoms with E-state index in [1.165, 1.54) is 0 Å². The Morgan fingerprint density at radius 3 is 2.26 bits per heavy atom. The molecule has 1 saturated heterocycles. The van der Waals surface area contributed by atoms with Gasteiger partial charge in [-0.1, -0.05) is 60.7 Å². The number of carbonyl (C=O) groups is 1. The van der Waals surface area contributed by atoms with Crippen molar-refractivity contribution in [2.75, 3.05) is 46.0 Å². The number of ether oxygens (including phenoxy) is 3. The Kier molecular flexibility index (Phi) is 8.94. The second-order valence-corrected chi connectivity index (χ2v) is 8.29. The van der Waals surface area contributed by atoms with Crippen LogP contribution in [0.3, 0.4) is 0 Å². The van der Waals surface area contributed by atoms with E-state index in [1.54, 1.807) is 0 Å². The quantitative estimate of drug-likeness (QED) is 0.433. The van der Waals surface area contributed by atoms with E-state index in [2.05, 4.69) is 4.90 Å². The van der Waals surface area contributed by atoms with Crippen LogP contribution >= 0.6 is 0 Å². The average Bonchev–Trinajstić information content (AvgIpc) is 2.90. The monoisotopic (exact) mass is 460 g/mol. The summed E-state index contributed by atoms with van der Waals surface area (Å²) in [6.45, 7) is 5.74. The molecule has 34 heavy (non-hydrogen) atoms. The van der Waals surface area contributed by atoms with Crippen molar-refractivity contribution in [1.29, 1.82) is 0 Å². The highest BCUT2D eigenvalue weighted by atomic mass is 16.5. The minimum atomic E-state index is -0.0345. The van der Waals surface area contributed by atoms with Crippen LogP contribution in [0.1, 0.15) is 11.1 Å². The predicted octanol–water partition coefficient (Wildman–Crippen LogP) is 4.01. The third kappa shape index (κ3) is 7.61. The molecule has 0 unspecified atom stereocenters. The first kappa shape index (κ1) is 23.8. The van der Waals surface area contributed by atoms with E-state index in [-0.39, 0.29) is 12.5 Å². The van der Waals surface area contributed by atoms with Gasteiger partial charge in [0.1, 0.15) is 18.1 Å². The third-order valence-corrected chi connectivity index (χ3v) is 5.77. The molecule has 0 radical (unpaired) electrons. The molecule has 3 aromatic carbocycles. The van der Waals surface area contributed by atoms with Crippen LogP contribution in [0, 0.1) is 0 Å². The number of morpholine rings is 1. The number of rotatable bonds is 11. The zero-order chi connectivity index (χ0) is 23.4. The van der Waals surface area contributed by atoms with Gasteiger partial charge >= 0.3 is 0 Å². The van der Waals surface area contributed by atoms with Gasteiger partial charge in [-0.3, -0.25) is 9.69 Å². The van der Waals surface area contributed by atoms with Gasteiger partial charge in [0.2, 0.25) is 0 Å². The van der Waals surface area contributed by atoms with E-state index in [9.17, 15) is 4.79 Å². The molecule has 1 aliphatic heterocycles. The molecular formula is C28H32N2O4. The molecule has 0 aliphatic carbocycles. The molecule has 1 aliphatic rings. The van der Waals surface area contributed by atoms with Crippen LogP contribution in [0.4, 0.5) is 0 Å². The molecular weight excluding hydrogens is 428 g/mol. The highest BCUT2D eigenvalue weighted by Gasteiger charge is 2.18. The van der Waals surface area contributed by atoms with Gasteiger partial charge in [-0.15, -0.1) is 0 Å². The zero-order valence-electron chi connectivity index (χ0n) is 19.5. The first-order valence-electron chi connectivity index (χ1n) is 11.8. The van der Waals surface area contributed by atoms with E-state index in [0.29, 0.717) is 25.4 Å². The minimum Gasteiger partial charge on any atom is -0.489 e. The van der Waals surface area contributed by atoms with Crippen molar-refractivity contribution in [2.24, 2.45) is 0 Å². The van der Waals surface area contributed by atoms with E-state index in [4.69, 9.17) is 14.2 Å². The lowest BCUT2D eigenvalue weighted by Crippen LogP contribution is -2.44. The summed E-state index contributed by atoms with van der Waals surface area (Å²) >= 11 is 0. The molecule has 1 amide bonds. The molecule has 0 saturated carbocycles. The average molecular weight is 461 g/mol. The maximum Gasteiger partial charge on any atom is 0.260 e. The fourth-order valence-corrected chi connectivity index (χ4v) is 3.83. The van der Waals surface area contributed by atoms with Gasteiger partial charge in [0.25, 0.3) is 5.91 Å². The molecule has 178 valence electrons. The van der Waals surface area contributed by atoms with Crippen molar-refractivity contribution in [2.45, 2.75) is 13.2 Å². The number of para-hydroxylation sites is 1. The number of benzene rings is 3. The number of nitrogens with zero attached hydrogens (tertiary/aromatic N) is 2. The Balaban J connectivity index is 1.38. The standard InChI is InChI=1S/C28H32N2O4/c31-28(23-34-26-11-5-2-6-12-26)30(15-14-29-16-18-32-19-17-29)21-25-10-7-13-27(20-25)33-22-24-8-3-1-4-9-24/h1-13,20H,14-19,21-23H2. The molecule has 6 heteroatoms. The van der Waals surface area contributed by atoms with Crippen LogP contribution in [-0.2, 0) is 22.7 Å². The molecule has 6 nitrogen and oxygen atoms in total. The lowest BCUT2D eigenvalue weighted by molar-refractivity contribution is -0.134. The molecule has 3 aromatic rings. The van der Waals surface area contributed by atoms with Crippen molar-refractivity contribution in [3.05, 3.63) is 96.1 Å². The summed E-state index contributed by atoms with van der Waals surface area (Å²) in [5, 5.41) is 0. The van der Waals surface area contributed by atoms with Gasteiger partial charge < -0.3 is 19.1 Å². The Morgan fingerprint density at radius 2 is 1.50 bits per heavy atom. The molecule has 1 heterocycles. The van der Waals surface area contributed by atoms with Crippen molar-refractivity contribution in [3.63, 3.8) is 0 Å². The van der Waals surface area contributed by atoms with Crippen LogP contribution in [0.25, 0.3) is 0 Å². The highest BCUT2D eigenvalue weighted by Crippen LogP contribution is 2.17. The maximum atomic E-state index is 13.1. The summed E-state index contributed by atoms with van der Waals surface area (Å²) in [5.74, 6) is 1.45. The molecule has 1 fully saturated rings. The molecule has 0 atom stereocenters. The van der Waals surface area contributed by atoms with E-state index in [1.807, 2.05) is 89.8 Å². The Labute approximate surface area is 201 Å². The van der Waals surface area contributed by atoms with Crippen molar-refractivity contribution in [1.82, 2.24) is 9.80 Å². The molecule has 0 aromatic heterocycles. The number of amides is 1. The maximum absolute atomic E-state index is 13.1. The summed E-state index contributed by atoms with van der Waals surface area (Å²) < 4.78 is 17.2. The van der Waals surface area contributed by atoms with Gasteiger partial charge in [0.15, 0.2) is 6.61 Å². The van der Waals surface area contributed by atoms with Crippen LogP contribution < -0.4 is 9.47 Å². The Morgan fingerprint density at radius 1 is 0.824 bits per heavy atom. The Bertz CT molecular complexity index is 1010. The van der Waals surface area contributed by atoms with Crippen molar-refractivity contribution >= 4 is 5.91 Å². The molecule has 0 bridgehead atoms. The van der Waals surface area contributed by atoms with Gasteiger partial charge in [0, 0.05) is 32.7 Å². The zero-order valence-corrected chi connectivity index (χ0v) is 19.5. The predicted molar refractivity (Wildman–Crippen MR) is 132 cm³/mol. The van der Waals surface area contributed by atoms with Crippen LogP contribution in [0.2, 0.25) is 0 Å². The topological polar surface area (TPSA) is 51.2 Å². The SMILES string of the molecule is O=C(COc1ccccc1)N(CCN1CCOCC1)Cc1cccc(OCc2ccccc2)c1. The highest BCUT2D eigenvalue weighted by molar-refractivity contribution is 5.77. The summed E-state index contributed by atoms with van der Waals surface area (Å²) in [7, 11) is 0. The van der Waals surface area contributed by atoms with Crippen LogP contribution in [0.15, 0.2) is 84.9 Å². The van der Waals surface area contributed by atoms with Gasteiger partial charge in [0.05, 0.1) is 13.2 Å². The molecule has 4 rings (SSSR count). The lowest BCUT2D eigenvalue weighted by atomic mass is 10.2. The second kappa shape index (κ2) is 12.8. The summed E-state index contributed by atoms with van der Waals surface area (Å²) in [6.07, 6.45) is 0. The number of carbonyl (C=O) groups excluding carboxylic acids is 1. The van der Waals surface area contributed by atoms with Gasteiger partial charge in [-0.2, -0.15) is 0 Å². The summed E-state index contributed by atoms with van der Waals surface area (Å²) in [6, 6.07) is 27.5. The lowest BCUT2D eigenvalue weighted by Gasteiger charge is -2.30. The second-order valence-electron chi connectivity index (χ2n) is 8.29. The number of hydrogen-bond donors (Lipinski definition) is 0. The smallest absolute Gasteiger partial charge is 0.260 e.